The third-order valence-corrected chi connectivity index (χ3v) is 6.18. The lowest BCUT2D eigenvalue weighted by molar-refractivity contribution is -0.116. The number of amides is 1. The molecule has 1 amide bonds. The quantitative estimate of drug-likeness (QED) is 0.901. The van der Waals surface area contributed by atoms with Crippen LogP contribution in [0.15, 0.2) is 40.6 Å². The van der Waals surface area contributed by atoms with Crippen molar-refractivity contribution in [3.63, 3.8) is 0 Å². The van der Waals surface area contributed by atoms with Gasteiger partial charge in [-0.1, -0.05) is 6.07 Å². The Kier molecular flexibility index (Phi) is 4.03. The molecule has 0 bridgehead atoms. The average Bonchev–Trinajstić information content (AvgIpc) is 3.00. The van der Waals surface area contributed by atoms with Gasteiger partial charge >= 0.3 is 0 Å². The lowest BCUT2D eigenvalue weighted by atomic mass is 10.0. The molecule has 1 atom stereocenters. The predicted molar refractivity (Wildman–Crippen MR) is 86.4 cm³/mol. The van der Waals surface area contributed by atoms with Crippen molar-refractivity contribution in [3.8, 4) is 0 Å². The largest absolute Gasteiger partial charge is 0.326 e. The normalized spacial score (nSPS) is 16.0. The van der Waals surface area contributed by atoms with E-state index in [1.54, 1.807) is 12.1 Å². The first-order valence-corrected chi connectivity index (χ1v) is 9.30. The third kappa shape index (κ3) is 3.06. The molecule has 0 radical (unpaired) electrons. The van der Waals surface area contributed by atoms with Gasteiger partial charge in [0, 0.05) is 17.0 Å². The zero-order valence-corrected chi connectivity index (χ0v) is 13.6. The van der Waals surface area contributed by atoms with E-state index in [1.165, 1.54) is 17.4 Å². The van der Waals surface area contributed by atoms with Gasteiger partial charge in [-0.2, -0.15) is 0 Å². The molecular formula is C15H16N2O3S2. The Hall–Kier alpha value is -1.70. The minimum atomic E-state index is -3.59. The molecule has 1 aliphatic rings. The minimum Gasteiger partial charge on any atom is -0.326 e. The van der Waals surface area contributed by atoms with Gasteiger partial charge in [-0.15, -0.1) is 11.3 Å². The summed E-state index contributed by atoms with van der Waals surface area (Å²) in [6, 6.07) is 8.33. The molecule has 0 spiro atoms. The van der Waals surface area contributed by atoms with Crippen LogP contribution in [0, 0.1) is 0 Å². The van der Waals surface area contributed by atoms with Gasteiger partial charge in [-0.3, -0.25) is 4.79 Å². The molecule has 2 aromatic rings. The number of fused-ring (bicyclic) bond motifs is 1. The average molecular weight is 336 g/mol. The number of carbonyl (C=O) groups is 1. The van der Waals surface area contributed by atoms with E-state index < -0.39 is 10.0 Å². The highest BCUT2D eigenvalue weighted by Crippen LogP contribution is 2.27. The number of aryl methyl sites for hydroxylation is 1. The van der Waals surface area contributed by atoms with Crippen LogP contribution < -0.4 is 10.0 Å². The van der Waals surface area contributed by atoms with Gasteiger partial charge in [-0.25, -0.2) is 13.1 Å². The van der Waals surface area contributed by atoms with Crippen molar-refractivity contribution in [2.75, 3.05) is 5.32 Å². The Bertz CT molecular complexity index is 798. The van der Waals surface area contributed by atoms with Crippen molar-refractivity contribution < 1.29 is 13.2 Å². The van der Waals surface area contributed by atoms with Gasteiger partial charge in [0.15, 0.2) is 0 Å². The number of hydrogen-bond donors (Lipinski definition) is 2. The molecular weight excluding hydrogens is 320 g/mol. The molecule has 1 aromatic heterocycles. The number of benzene rings is 1. The first-order valence-electron chi connectivity index (χ1n) is 6.94. The van der Waals surface area contributed by atoms with Crippen LogP contribution >= 0.6 is 11.3 Å². The molecule has 0 saturated carbocycles. The zero-order chi connectivity index (χ0) is 15.7. The van der Waals surface area contributed by atoms with Gasteiger partial charge < -0.3 is 5.32 Å². The van der Waals surface area contributed by atoms with Crippen molar-refractivity contribution >= 4 is 33.0 Å². The molecule has 0 saturated heterocycles. The fraction of sp³-hybridized carbons (Fsp3) is 0.267. The van der Waals surface area contributed by atoms with E-state index in [0.717, 1.165) is 10.4 Å². The Labute approximate surface area is 133 Å². The maximum Gasteiger partial charge on any atom is 0.241 e. The number of sulfonamides is 1. The third-order valence-electron chi connectivity index (χ3n) is 3.58. The topological polar surface area (TPSA) is 75.3 Å². The lowest BCUT2D eigenvalue weighted by Crippen LogP contribution is -2.27. The summed E-state index contributed by atoms with van der Waals surface area (Å²) in [4.78, 5) is 12.5. The highest BCUT2D eigenvalue weighted by molar-refractivity contribution is 7.89. The molecule has 2 N–H and O–H groups in total. The highest BCUT2D eigenvalue weighted by atomic mass is 32.2. The van der Waals surface area contributed by atoms with E-state index in [4.69, 9.17) is 0 Å². The van der Waals surface area contributed by atoms with E-state index in [9.17, 15) is 13.2 Å². The zero-order valence-electron chi connectivity index (χ0n) is 12.0. The van der Waals surface area contributed by atoms with E-state index >= 15 is 0 Å². The number of nitrogens with one attached hydrogen (secondary N) is 2. The number of hydrogen-bond acceptors (Lipinski definition) is 4. The Balaban J connectivity index is 1.85. The molecule has 0 unspecified atom stereocenters. The van der Waals surface area contributed by atoms with Gasteiger partial charge in [0.2, 0.25) is 15.9 Å². The van der Waals surface area contributed by atoms with Crippen LogP contribution in [0.3, 0.4) is 0 Å². The summed E-state index contributed by atoms with van der Waals surface area (Å²) in [5, 5.41) is 4.67. The van der Waals surface area contributed by atoms with Crippen LogP contribution in [0.4, 0.5) is 5.69 Å². The summed E-state index contributed by atoms with van der Waals surface area (Å²) in [6.07, 6.45) is 0.945. The Morgan fingerprint density at radius 3 is 2.82 bits per heavy atom. The van der Waals surface area contributed by atoms with Gasteiger partial charge in [0.05, 0.1) is 10.9 Å². The molecule has 0 fully saturated rings. The summed E-state index contributed by atoms with van der Waals surface area (Å²) in [5.41, 5.74) is 1.55. The fourth-order valence-corrected chi connectivity index (χ4v) is 4.51. The molecule has 1 aliphatic heterocycles. The van der Waals surface area contributed by atoms with E-state index in [0.29, 0.717) is 18.5 Å². The van der Waals surface area contributed by atoms with Crippen molar-refractivity contribution in [2.24, 2.45) is 0 Å². The molecule has 2 heterocycles. The summed E-state index contributed by atoms with van der Waals surface area (Å²) in [5.74, 6) is -0.0347. The maximum absolute atomic E-state index is 12.5. The lowest BCUT2D eigenvalue weighted by Gasteiger charge is -2.18. The molecule has 22 heavy (non-hydrogen) atoms. The molecule has 1 aromatic carbocycles. The minimum absolute atomic E-state index is 0.0347. The van der Waals surface area contributed by atoms with Crippen molar-refractivity contribution in [3.05, 3.63) is 46.2 Å². The maximum atomic E-state index is 12.5. The van der Waals surface area contributed by atoms with Gasteiger partial charge in [0.1, 0.15) is 0 Å². The van der Waals surface area contributed by atoms with E-state index in [1.807, 2.05) is 24.4 Å². The molecule has 7 heteroatoms. The smallest absolute Gasteiger partial charge is 0.241 e. The van der Waals surface area contributed by atoms with E-state index in [-0.39, 0.29) is 16.8 Å². The summed E-state index contributed by atoms with van der Waals surface area (Å²) < 4.78 is 27.7. The second-order valence-corrected chi connectivity index (χ2v) is 7.92. The molecule has 116 valence electrons. The van der Waals surface area contributed by atoms with Crippen LogP contribution in [0.2, 0.25) is 0 Å². The Morgan fingerprint density at radius 1 is 1.27 bits per heavy atom. The number of carbonyl (C=O) groups excluding carboxylic acids is 1. The van der Waals surface area contributed by atoms with Crippen LogP contribution in [-0.4, -0.2) is 14.3 Å². The van der Waals surface area contributed by atoms with Gasteiger partial charge in [-0.05, 0) is 48.6 Å². The summed E-state index contributed by atoms with van der Waals surface area (Å²) >= 11 is 1.52. The highest BCUT2D eigenvalue weighted by Gasteiger charge is 2.22. The predicted octanol–water partition coefficient (Wildman–Crippen LogP) is 2.67. The first-order chi connectivity index (χ1) is 10.5. The molecule has 5 nitrogen and oxygen atoms in total. The summed E-state index contributed by atoms with van der Waals surface area (Å²) in [6.45, 7) is 1.82. The monoisotopic (exact) mass is 336 g/mol. The van der Waals surface area contributed by atoms with Crippen molar-refractivity contribution in [1.29, 1.82) is 0 Å². The molecule has 0 aliphatic carbocycles. The van der Waals surface area contributed by atoms with Gasteiger partial charge in [0.25, 0.3) is 0 Å². The molecule has 3 rings (SSSR count). The van der Waals surface area contributed by atoms with Crippen LogP contribution in [0.5, 0.6) is 0 Å². The number of thiophene rings is 1. The van der Waals surface area contributed by atoms with Crippen LogP contribution in [0.25, 0.3) is 0 Å². The summed E-state index contributed by atoms with van der Waals surface area (Å²) in [7, 11) is -3.59. The van der Waals surface area contributed by atoms with Crippen LogP contribution in [0.1, 0.15) is 29.8 Å². The Morgan fingerprint density at radius 2 is 2.09 bits per heavy atom. The first kappa shape index (κ1) is 15.2. The SMILES string of the molecule is C[C@@H](NS(=O)(=O)c1ccc2c(c1)CCC(=O)N2)c1cccs1. The second-order valence-electron chi connectivity index (χ2n) is 5.23. The number of rotatable bonds is 4. The van der Waals surface area contributed by atoms with Crippen LogP contribution in [-0.2, 0) is 21.2 Å². The second kappa shape index (κ2) is 5.83. The van der Waals surface area contributed by atoms with Crippen molar-refractivity contribution in [1.82, 2.24) is 4.72 Å². The van der Waals surface area contributed by atoms with E-state index in [2.05, 4.69) is 10.0 Å². The van der Waals surface area contributed by atoms with Crippen molar-refractivity contribution in [2.45, 2.75) is 30.7 Å². The number of anilines is 1. The standard InChI is InChI=1S/C15H16N2O3S2/c1-10(14-3-2-8-21-14)17-22(19,20)12-5-6-13-11(9-12)4-7-15(18)16-13/h2-3,5-6,8-10,17H,4,7H2,1H3,(H,16,18)/t10-/m1/s1. The fourth-order valence-electron chi connectivity index (χ4n) is 2.42.